The Morgan fingerprint density at radius 3 is 2.26 bits per heavy atom. The highest BCUT2D eigenvalue weighted by molar-refractivity contribution is 6.63. The van der Waals surface area contributed by atoms with Crippen LogP contribution in [-0.4, -0.2) is 36.3 Å². The topological polar surface area (TPSA) is 83.1 Å². The summed E-state index contributed by atoms with van der Waals surface area (Å²) < 4.78 is 38.0. The van der Waals surface area contributed by atoms with Gasteiger partial charge in [-0.3, -0.25) is 4.79 Å². The Hall–Kier alpha value is -2.91. The van der Waals surface area contributed by atoms with E-state index >= 15 is 0 Å². The van der Waals surface area contributed by atoms with Crippen molar-refractivity contribution in [2.75, 3.05) is 0 Å². The van der Waals surface area contributed by atoms with Crippen molar-refractivity contribution in [1.82, 2.24) is 5.32 Å². The highest BCUT2D eigenvalue weighted by Crippen LogP contribution is 2.37. The molecular formula is C26H33BFNO6. The average Bonchev–Trinajstić information content (AvgIpc) is 2.94. The minimum Gasteiger partial charge on any atom is -0.454 e. The summed E-state index contributed by atoms with van der Waals surface area (Å²) in [6.07, 6.45) is 0.134. The molecule has 0 radical (unpaired) electrons. The van der Waals surface area contributed by atoms with Gasteiger partial charge in [0.25, 0.3) is 0 Å². The van der Waals surface area contributed by atoms with Gasteiger partial charge in [-0.25, -0.2) is 9.18 Å². The third-order valence-corrected chi connectivity index (χ3v) is 6.11. The van der Waals surface area contributed by atoms with E-state index in [1.54, 1.807) is 52.0 Å². The summed E-state index contributed by atoms with van der Waals surface area (Å²) in [4.78, 5) is 23.6. The van der Waals surface area contributed by atoms with Crippen molar-refractivity contribution in [3.05, 3.63) is 53.3 Å². The third-order valence-electron chi connectivity index (χ3n) is 6.11. The molecule has 7 nitrogen and oxygen atoms in total. The van der Waals surface area contributed by atoms with Crippen LogP contribution in [0.2, 0.25) is 0 Å². The number of nitrogens with one attached hydrogen (secondary N) is 1. The maximum absolute atomic E-state index is 14.9. The van der Waals surface area contributed by atoms with Gasteiger partial charge in [0, 0.05) is 5.56 Å². The van der Waals surface area contributed by atoms with Crippen LogP contribution in [0.15, 0.2) is 36.4 Å². The van der Waals surface area contributed by atoms with E-state index in [0.717, 1.165) is 6.29 Å². The monoisotopic (exact) mass is 485 g/mol. The number of halogens is 1. The van der Waals surface area contributed by atoms with Crippen molar-refractivity contribution in [3.8, 4) is 11.5 Å². The van der Waals surface area contributed by atoms with Crippen LogP contribution >= 0.6 is 0 Å². The molecule has 1 fully saturated rings. The summed E-state index contributed by atoms with van der Waals surface area (Å²) in [6, 6.07) is 8.75. The molecule has 35 heavy (non-hydrogen) atoms. The molecule has 2 aromatic rings. The second-order valence-corrected chi connectivity index (χ2v) is 10.7. The fraction of sp³-hybridized carbons (Fsp3) is 0.462. The van der Waals surface area contributed by atoms with Gasteiger partial charge in [0.1, 0.15) is 17.6 Å². The zero-order valence-corrected chi connectivity index (χ0v) is 21.5. The van der Waals surface area contributed by atoms with E-state index in [1.807, 2.05) is 27.7 Å². The first-order chi connectivity index (χ1) is 16.1. The lowest BCUT2D eigenvalue weighted by Crippen LogP contribution is -2.41. The van der Waals surface area contributed by atoms with E-state index in [-0.39, 0.29) is 5.75 Å². The largest absolute Gasteiger partial charge is 0.495 e. The molecule has 1 amide bonds. The van der Waals surface area contributed by atoms with Gasteiger partial charge >= 0.3 is 13.2 Å². The Labute approximate surface area is 206 Å². The molecule has 1 unspecified atom stereocenters. The Balaban J connectivity index is 1.78. The van der Waals surface area contributed by atoms with Gasteiger partial charge < -0.3 is 24.1 Å². The van der Waals surface area contributed by atoms with E-state index < -0.39 is 41.9 Å². The van der Waals surface area contributed by atoms with Gasteiger partial charge in [-0.1, -0.05) is 6.07 Å². The second-order valence-electron chi connectivity index (χ2n) is 10.7. The number of benzene rings is 2. The number of ether oxygens (including phenoxy) is 2. The molecule has 2 aromatic carbocycles. The molecule has 9 heteroatoms. The van der Waals surface area contributed by atoms with Crippen LogP contribution in [0.5, 0.6) is 11.5 Å². The predicted octanol–water partition coefficient (Wildman–Crippen LogP) is 5.32. The molecule has 0 bridgehead atoms. The summed E-state index contributed by atoms with van der Waals surface area (Å²) >= 11 is 0. The summed E-state index contributed by atoms with van der Waals surface area (Å²) in [7, 11) is -0.768. The van der Waals surface area contributed by atoms with Gasteiger partial charge in [-0.05, 0) is 96.7 Å². The highest BCUT2D eigenvalue weighted by Gasteiger charge is 2.52. The van der Waals surface area contributed by atoms with Gasteiger partial charge in [0.05, 0.1) is 17.2 Å². The number of rotatable bonds is 6. The van der Waals surface area contributed by atoms with Crippen molar-refractivity contribution in [1.29, 1.82) is 0 Å². The summed E-state index contributed by atoms with van der Waals surface area (Å²) in [5.74, 6) is -0.277. The minimum atomic E-state index is -0.768. The van der Waals surface area contributed by atoms with Crippen LogP contribution in [-0.2, 0) is 14.0 Å². The summed E-state index contributed by atoms with van der Waals surface area (Å²) in [6.45, 7) is 14.7. The number of carbonyl (C=O) groups excluding carboxylic acids is 2. The standard InChI is InChI=1S/C26H33BFNO6/c1-16(29-23(31)33-24(2,3)4)17-10-12-22(21(28)13-17)32-19-11-9-18(15-30)20(14-19)27-34-25(5,6)26(7,8)35-27/h9-16H,1-8H3,(H,29,31). The third kappa shape index (κ3) is 6.21. The van der Waals surface area contributed by atoms with E-state index in [1.165, 1.54) is 12.1 Å². The molecule has 1 atom stereocenters. The molecule has 1 N–H and O–H groups in total. The van der Waals surface area contributed by atoms with E-state index in [0.29, 0.717) is 22.3 Å². The molecular weight excluding hydrogens is 452 g/mol. The molecule has 188 valence electrons. The maximum Gasteiger partial charge on any atom is 0.495 e. The number of hydrogen-bond donors (Lipinski definition) is 1. The number of hydrogen-bond acceptors (Lipinski definition) is 6. The smallest absolute Gasteiger partial charge is 0.454 e. The van der Waals surface area contributed by atoms with E-state index in [4.69, 9.17) is 18.8 Å². The second kappa shape index (κ2) is 9.62. The van der Waals surface area contributed by atoms with Crippen molar-refractivity contribution in [3.63, 3.8) is 0 Å². The van der Waals surface area contributed by atoms with Crippen LogP contribution in [0.4, 0.5) is 9.18 Å². The summed E-state index contributed by atoms with van der Waals surface area (Å²) in [5.41, 5.74) is -0.348. The van der Waals surface area contributed by atoms with Crippen molar-refractivity contribution in [2.24, 2.45) is 0 Å². The van der Waals surface area contributed by atoms with Gasteiger partial charge in [0.15, 0.2) is 11.6 Å². The van der Waals surface area contributed by atoms with Crippen molar-refractivity contribution < 1.29 is 32.8 Å². The first kappa shape index (κ1) is 26.7. The lowest BCUT2D eigenvalue weighted by Gasteiger charge is -2.32. The van der Waals surface area contributed by atoms with E-state index in [2.05, 4.69) is 5.32 Å². The normalized spacial score (nSPS) is 17.6. The fourth-order valence-electron chi connectivity index (χ4n) is 3.46. The highest BCUT2D eigenvalue weighted by atomic mass is 19.1. The van der Waals surface area contributed by atoms with Crippen LogP contribution in [0.3, 0.4) is 0 Å². The molecule has 1 aliphatic heterocycles. The Morgan fingerprint density at radius 1 is 1.09 bits per heavy atom. The Morgan fingerprint density at radius 2 is 1.71 bits per heavy atom. The first-order valence-electron chi connectivity index (χ1n) is 11.5. The number of amides is 1. The van der Waals surface area contributed by atoms with Crippen LogP contribution in [0.1, 0.15) is 77.4 Å². The van der Waals surface area contributed by atoms with Gasteiger partial charge in [-0.2, -0.15) is 0 Å². The Bertz CT molecular complexity index is 1100. The molecule has 0 saturated carbocycles. The first-order valence-corrected chi connectivity index (χ1v) is 11.5. The van der Waals surface area contributed by atoms with Gasteiger partial charge in [0.2, 0.25) is 0 Å². The number of carbonyl (C=O) groups is 2. The van der Waals surface area contributed by atoms with E-state index in [9.17, 15) is 14.0 Å². The summed E-state index contributed by atoms with van der Waals surface area (Å²) in [5, 5.41) is 2.68. The number of alkyl carbamates (subject to hydrolysis) is 1. The molecule has 1 saturated heterocycles. The molecule has 0 spiro atoms. The zero-order valence-electron chi connectivity index (χ0n) is 21.5. The molecule has 0 aromatic heterocycles. The SMILES string of the molecule is CC(NC(=O)OC(C)(C)C)c1ccc(Oc2ccc(C=O)c(B3OC(C)(C)C(C)(C)O3)c2)c(F)c1. The lowest BCUT2D eigenvalue weighted by atomic mass is 9.76. The number of aldehydes is 1. The molecule has 0 aliphatic carbocycles. The zero-order chi connectivity index (χ0) is 26.2. The lowest BCUT2D eigenvalue weighted by molar-refractivity contribution is 0.00578. The molecule has 1 aliphatic rings. The molecule has 3 rings (SSSR count). The molecule has 1 heterocycles. The quantitative estimate of drug-likeness (QED) is 0.441. The predicted molar refractivity (Wildman–Crippen MR) is 132 cm³/mol. The Kier molecular flexibility index (Phi) is 7.34. The van der Waals surface area contributed by atoms with Crippen molar-refractivity contribution >= 4 is 25.0 Å². The van der Waals surface area contributed by atoms with Crippen LogP contribution in [0.25, 0.3) is 0 Å². The maximum atomic E-state index is 14.9. The fourth-order valence-corrected chi connectivity index (χ4v) is 3.46. The minimum absolute atomic E-state index is 0.00283. The van der Waals surface area contributed by atoms with Crippen LogP contribution in [0, 0.1) is 5.82 Å². The van der Waals surface area contributed by atoms with Crippen LogP contribution < -0.4 is 15.5 Å². The average molecular weight is 485 g/mol. The van der Waals surface area contributed by atoms with Crippen molar-refractivity contribution in [2.45, 2.75) is 78.2 Å². The van der Waals surface area contributed by atoms with Gasteiger partial charge in [-0.15, -0.1) is 0 Å².